The van der Waals surface area contributed by atoms with Gasteiger partial charge in [0.15, 0.2) is 0 Å². The summed E-state index contributed by atoms with van der Waals surface area (Å²) in [6.45, 7) is 11.4. The molecule has 0 bridgehead atoms. The first-order valence-corrected chi connectivity index (χ1v) is 17.2. The topological polar surface area (TPSA) is 77.2 Å². The van der Waals surface area contributed by atoms with Crippen LogP contribution in [-0.2, 0) is 16.1 Å². The third kappa shape index (κ3) is 11.9. The third-order valence-electron chi connectivity index (χ3n) is 8.81. The molecule has 0 saturated carbocycles. The van der Waals surface area contributed by atoms with Crippen LogP contribution in [0.5, 0.6) is 0 Å². The molecule has 0 radical (unpaired) electrons. The average Bonchev–Trinajstić information content (AvgIpc) is 3.05. The number of anilines is 2. The van der Waals surface area contributed by atoms with E-state index >= 15 is 0 Å². The number of unbranched alkanes of at least 4 members (excludes halogenated alkanes) is 8. The molecule has 2 N–H and O–H groups in total. The van der Waals surface area contributed by atoms with Crippen LogP contribution in [-0.4, -0.2) is 87.2 Å². The Kier molecular flexibility index (Phi) is 15.0. The lowest BCUT2D eigenvalue weighted by Gasteiger charge is -2.37. The van der Waals surface area contributed by atoms with Crippen LogP contribution in [0.4, 0.5) is 11.4 Å². The minimum Gasteiger partial charge on any atom is -0.379 e. The Morgan fingerprint density at radius 3 is 2.16 bits per heavy atom. The van der Waals surface area contributed by atoms with Crippen molar-refractivity contribution in [3.63, 3.8) is 0 Å². The van der Waals surface area contributed by atoms with Crippen LogP contribution < -0.4 is 15.5 Å². The molecule has 0 spiro atoms. The van der Waals surface area contributed by atoms with Gasteiger partial charge in [-0.25, -0.2) is 0 Å². The molecule has 0 aromatic heterocycles. The van der Waals surface area contributed by atoms with Crippen LogP contribution in [0.2, 0.25) is 0 Å². The predicted octanol–water partition coefficient (Wildman–Crippen LogP) is 5.93. The van der Waals surface area contributed by atoms with Crippen LogP contribution in [0.15, 0.2) is 48.5 Å². The molecule has 2 aliphatic rings. The molecule has 44 heavy (non-hydrogen) atoms. The molecule has 0 atom stereocenters. The van der Waals surface area contributed by atoms with Crippen molar-refractivity contribution in [1.29, 1.82) is 0 Å². The van der Waals surface area contributed by atoms with E-state index in [1.165, 1.54) is 50.5 Å². The number of rotatable bonds is 18. The first-order valence-electron chi connectivity index (χ1n) is 17.2. The van der Waals surface area contributed by atoms with Crippen molar-refractivity contribution in [1.82, 2.24) is 15.1 Å². The largest absolute Gasteiger partial charge is 0.379 e. The fraction of sp³-hybridized carbons (Fsp3) is 0.611. The first kappa shape index (κ1) is 33.9. The number of ether oxygens (including phenoxy) is 1. The van der Waals surface area contributed by atoms with Gasteiger partial charge >= 0.3 is 0 Å². The van der Waals surface area contributed by atoms with Crippen molar-refractivity contribution in [2.75, 3.05) is 75.8 Å². The molecule has 0 aliphatic carbocycles. The third-order valence-corrected chi connectivity index (χ3v) is 8.81. The standard InChI is InChI=1S/C36H55N5O3/c1-2-3-4-5-6-7-8-9-13-16-35(42)38-32-17-18-34(33(29-32)36(43)37-19-20-39-25-27-44-28-26-39)41-23-21-40(22-24-41)30-31-14-11-10-12-15-31/h10-12,14-15,17-18,29H,2-9,13,16,19-28,30H2,1H3,(H,37,43)(H,38,42). The van der Waals surface area contributed by atoms with Gasteiger partial charge in [-0.05, 0) is 30.2 Å². The van der Waals surface area contributed by atoms with Crippen molar-refractivity contribution in [2.24, 2.45) is 0 Å². The van der Waals surface area contributed by atoms with Crippen LogP contribution in [0.1, 0.15) is 87.1 Å². The first-order chi connectivity index (χ1) is 21.6. The summed E-state index contributed by atoms with van der Waals surface area (Å²) in [5, 5.41) is 6.21. The van der Waals surface area contributed by atoms with E-state index in [-0.39, 0.29) is 11.8 Å². The molecule has 2 amide bonds. The Morgan fingerprint density at radius 2 is 1.45 bits per heavy atom. The second-order valence-electron chi connectivity index (χ2n) is 12.3. The molecule has 8 nitrogen and oxygen atoms in total. The Labute approximate surface area is 265 Å². The van der Waals surface area contributed by atoms with E-state index in [1.807, 2.05) is 18.2 Å². The van der Waals surface area contributed by atoms with Crippen LogP contribution in [0.3, 0.4) is 0 Å². The van der Waals surface area contributed by atoms with Gasteiger partial charge in [-0.3, -0.25) is 19.4 Å². The highest BCUT2D eigenvalue weighted by Crippen LogP contribution is 2.26. The van der Waals surface area contributed by atoms with Gasteiger partial charge in [-0.1, -0.05) is 88.6 Å². The van der Waals surface area contributed by atoms with Crippen molar-refractivity contribution >= 4 is 23.2 Å². The zero-order chi connectivity index (χ0) is 30.8. The van der Waals surface area contributed by atoms with Crippen molar-refractivity contribution in [2.45, 2.75) is 77.7 Å². The summed E-state index contributed by atoms with van der Waals surface area (Å²) in [5.74, 6) is -0.0658. The summed E-state index contributed by atoms with van der Waals surface area (Å²) >= 11 is 0. The Morgan fingerprint density at radius 1 is 0.773 bits per heavy atom. The van der Waals surface area contributed by atoms with Gasteiger partial charge in [-0.2, -0.15) is 0 Å². The van der Waals surface area contributed by atoms with E-state index in [2.05, 4.69) is 62.6 Å². The highest BCUT2D eigenvalue weighted by Gasteiger charge is 2.23. The van der Waals surface area contributed by atoms with Gasteiger partial charge in [0.05, 0.1) is 18.8 Å². The second kappa shape index (κ2) is 19.4. The summed E-state index contributed by atoms with van der Waals surface area (Å²) in [6.07, 6.45) is 11.6. The molecule has 2 aromatic rings. The lowest BCUT2D eigenvalue weighted by Crippen LogP contribution is -2.46. The minimum absolute atomic E-state index is 0.0221. The smallest absolute Gasteiger partial charge is 0.253 e. The maximum Gasteiger partial charge on any atom is 0.253 e. The van der Waals surface area contributed by atoms with Crippen molar-refractivity contribution in [3.8, 4) is 0 Å². The van der Waals surface area contributed by atoms with Gasteiger partial charge in [0.2, 0.25) is 5.91 Å². The zero-order valence-corrected chi connectivity index (χ0v) is 27.0. The van der Waals surface area contributed by atoms with E-state index < -0.39 is 0 Å². The maximum atomic E-state index is 13.5. The number of nitrogens with zero attached hydrogens (tertiary/aromatic N) is 3. The summed E-state index contributed by atoms with van der Waals surface area (Å²) in [5.41, 5.74) is 3.58. The number of hydrogen-bond donors (Lipinski definition) is 2. The van der Waals surface area contributed by atoms with Crippen LogP contribution in [0, 0.1) is 0 Å². The quantitative estimate of drug-likeness (QED) is 0.205. The van der Waals surface area contributed by atoms with Gasteiger partial charge < -0.3 is 20.3 Å². The van der Waals surface area contributed by atoms with Gasteiger partial charge in [0.1, 0.15) is 0 Å². The Hall–Kier alpha value is -2.94. The number of nitrogens with one attached hydrogen (secondary N) is 2. The van der Waals surface area contributed by atoms with Gasteiger partial charge in [0.25, 0.3) is 5.91 Å². The lowest BCUT2D eigenvalue weighted by atomic mass is 10.1. The summed E-state index contributed by atoms with van der Waals surface area (Å²) in [6, 6.07) is 16.4. The average molecular weight is 606 g/mol. The number of amides is 2. The Balaban J connectivity index is 1.30. The van der Waals surface area contributed by atoms with Crippen molar-refractivity contribution < 1.29 is 14.3 Å². The van der Waals surface area contributed by atoms with E-state index in [0.29, 0.717) is 24.2 Å². The molecule has 242 valence electrons. The SMILES string of the molecule is CCCCCCCCCCCC(=O)Nc1ccc(N2CCN(Cc3ccccc3)CC2)c(C(=O)NCCN2CCOCC2)c1. The minimum atomic E-state index is -0.0880. The predicted molar refractivity (Wildman–Crippen MR) is 180 cm³/mol. The summed E-state index contributed by atoms with van der Waals surface area (Å²) in [7, 11) is 0. The van der Waals surface area contributed by atoms with E-state index in [9.17, 15) is 9.59 Å². The maximum absolute atomic E-state index is 13.5. The monoisotopic (exact) mass is 605 g/mol. The van der Waals surface area contributed by atoms with Crippen molar-refractivity contribution in [3.05, 3.63) is 59.7 Å². The number of piperazine rings is 1. The zero-order valence-electron chi connectivity index (χ0n) is 27.0. The normalized spacial score (nSPS) is 16.2. The second-order valence-corrected chi connectivity index (χ2v) is 12.3. The molecule has 2 aromatic carbocycles. The molecule has 8 heteroatoms. The highest BCUT2D eigenvalue weighted by molar-refractivity contribution is 6.02. The number of benzene rings is 2. The number of carbonyl (C=O) groups excluding carboxylic acids is 2. The fourth-order valence-corrected chi connectivity index (χ4v) is 6.13. The molecule has 4 rings (SSSR count). The van der Waals surface area contributed by atoms with Crippen LogP contribution in [0.25, 0.3) is 0 Å². The Bertz CT molecular complexity index is 1110. The molecular weight excluding hydrogens is 550 g/mol. The van der Waals surface area contributed by atoms with E-state index in [4.69, 9.17) is 4.74 Å². The molecular formula is C36H55N5O3. The fourth-order valence-electron chi connectivity index (χ4n) is 6.13. The van der Waals surface area contributed by atoms with Gasteiger partial charge in [-0.15, -0.1) is 0 Å². The summed E-state index contributed by atoms with van der Waals surface area (Å²) in [4.78, 5) is 33.4. The molecule has 2 fully saturated rings. The van der Waals surface area contributed by atoms with Gasteiger partial charge in [0, 0.05) is 76.7 Å². The van der Waals surface area contributed by atoms with E-state index in [1.54, 1.807) is 0 Å². The highest BCUT2D eigenvalue weighted by atomic mass is 16.5. The number of hydrogen-bond acceptors (Lipinski definition) is 6. The lowest BCUT2D eigenvalue weighted by molar-refractivity contribution is -0.116. The van der Waals surface area contributed by atoms with Crippen LogP contribution >= 0.6 is 0 Å². The summed E-state index contributed by atoms with van der Waals surface area (Å²) < 4.78 is 5.45. The molecule has 2 saturated heterocycles. The molecule has 2 heterocycles. The molecule has 0 unspecified atom stereocenters. The van der Waals surface area contributed by atoms with E-state index in [0.717, 1.165) is 84.1 Å². The number of morpholine rings is 1. The number of carbonyl (C=O) groups is 2. The molecule has 2 aliphatic heterocycles.